The summed E-state index contributed by atoms with van der Waals surface area (Å²) in [6, 6.07) is 46.9. The first-order valence-corrected chi connectivity index (χ1v) is 22.1. The Morgan fingerprint density at radius 2 is 1.12 bits per heavy atom. The monoisotopic (exact) mass is 880 g/mol. The highest BCUT2D eigenvalue weighted by atomic mass is 19.4. The number of aliphatic imine (C=N–C) groups is 1. The molecule has 0 N–H and O–H groups in total. The van der Waals surface area contributed by atoms with E-state index in [1.54, 1.807) is 18.3 Å². The van der Waals surface area contributed by atoms with Gasteiger partial charge in [0.1, 0.15) is 6.61 Å². The van der Waals surface area contributed by atoms with Crippen molar-refractivity contribution in [2.45, 2.75) is 46.7 Å². The highest BCUT2D eigenvalue weighted by Gasteiger charge is 2.58. The van der Waals surface area contributed by atoms with E-state index in [0.717, 1.165) is 77.0 Å². The number of fused-ring (bicyclic) bond motifs is 6. The van der Waals surface area contributed by atoms with Crippen LogP contribution in [0.4, 0.5) is 22.0 Å². The lowest BCUT2D eigenvalue weighted by molar-refractivity contribution is -0.291. The number of rotatable bonds is 10. The van der Waals surface area contributed by atoms with Crippen LogP contribution in [0.15, 0.2) is 156 Å². The molecule has 2 heterocycles. The molecule has 0 fully saturated rings. The maximum Gasteiger partial charge on any atom is 0.597 e. The molecule has 0 amide bonds. The fraction of sp³-hybridized carbons (Fsp3) is 0.161. The van der Waals surface area contributed by atoms with E-state index in [4.69, 9.17) is 14.3 Å². The van der Waals surface area contributed by atoms with Gasteiger partial charge in [-0.15, -0.1) is 0 Å². The van der Waals surface area contributed by atoms with Crippen molar-refractivity contribution in [3.05, 3.63) is 173 Å². The number of hydrogen-bond donors (Lipinski definition) is 0. The summed E-state index contributed by atoms with van der Waals surface area (Å²) in [6.45, 7) is 7.24. The Morgan fingerprint density at radius 3 is 1.65 bits per heavy atom. The summed E-state index contributed by atoms with van der Waals surface area (Å²) < 4.78 is 82.5. The minimum atomic E-state index is -5.81. The molecule has 0 unspecified atom stereocenters. The standard InChI is InChI=1S/C56H42BF5N2O2/c1-6-65-57(66-30-55(58,59)56(60,61)62)64-34(5)29-32(3)54(64)52(53-31(2)28-33(4)63-53)39-26-27-43-47-38(39)22-15-25-42(47)50-45(36-16-9-7-10-17-36)48-40-23-13-20-35-21-14-24-41(44(35)40)49(48)46(51(43)50)37-18-11-8-12-19-37/h7-29H,6,30H2,1-5H3/b53-52-. The van der Waals surface area contributed by atoms with Crippen LogP contribution < -0.4 is 0 Å². The second-order valence-electron chi connectivity index (χ2n) is 17.3. The van der Waals surface area contributed by atoms with Crippen molar-refractivity contribution in [3.63, 3.8) is 0 Å². The average Bonchev–Trinajstić information content (AvgIpc) is 4.02. The van der Waals surface area contributed by atoms with Crippen LogP contribution in [0.2, 0.25) is 0 Å². The van der Waals surface area contributed by atoms with Gasteiger partial charge in [-0.25, -0.2) is 0 Å². The predicted octanol–water partition coefficient (Wildman–Crippen LogP) is 15.5. The molecule has 66 heavy (non-hydrogen) atoms. The molecule has 0 radical (unpaired) electrons. The molecular formula is C56H42BF5N2O2. The lowest BCUT2D eigenvalue weighted by atomic mass is 9.87. The SMILES string of the molecule is CCOB(OCC(F)(F)C(F)(F)F)n1c(C)cc(C)c1/C(=C1\N=C(C)C=C1C)c1ccc2c3c(-c4ccccc4)c4c5cccc6cccc(c4c(-c4ccccc4)c3c3cccc1c32)c65. The van der Waals surface area contributed by atoms with Gasteiger partial charge in [0.2, 0.25) is 0 Å². The highest BCUT2D eigenvalue weighted by Crippen LogP contribution is 2.56. The van der Waals surface area contributed by atoms with Gasteiger partial charge in [0.15, 0.2) is 0 Å². The summed E-state index contributed by atoms with van der Waals surface area (Å²) in [5, 5.41) is 13.6. The molecule has 0 spiro atoms. The van der Waals surface area contributed by atoms with Crippen LogP contribution in [0.3, 0.4) is 0 Å². The Morgan fingerprint density at radius 1 is 0.591 bits per heavy atom. The maximum atomic E-state index is 14.5. The molecule has 10 aromatic rings. The molecule has 9 aromatic carbocycles. The third-order valence-corrected chi connectivity index (χ3v) is 13.2. The van der Waals surface area contributed by atoms with Crippen molar-refractivity contribution < 1.29 is 31.3 Å². The zero-order chi connectivity index (χ0) is 45.8. The molecular weight excluding hydrogens is 838 g/mol. The quantitative estimate of drug-likeness (QED) is 0.101. The maximum absolute atomic E-state index is 14.5. The van der Waals surface area contributed by atoms with Gasteiger partial charge in [-0.1, -0.05) is 127 Å². The second-order valence-corrected chi connectivity index (χ2v) is 17.3. The van der Waals surface area contributed by atoms with E-state index < -0.39 is 26.0 Å². The summed E-state index contributed by atoms with van der Waals surface area (Å²) in [6.07, 6.45) is -3.82. The number of benzene rings is 7. The zero-order valence-corrected chi connectivity index (χ0v) is 36.9. The van der Waals surface area contributed by atoms with Gasteiger partial charge >= 0.3 is 19.4 Å². The van der Waals surface area contributed by atoms with Gasteiger partial charge in [0, 0.05) is 29.3 Å². The third kappa shape index (κ3) is 6.22. The number of aromatic nitrogens is 1. The lowest BCUT2D eigenvalue weighted by Gasteiger charge is -2.25. The van der Waals surface area contributed by atoms with E-state index >= 15 is 0 Å². The van der Waals surface area contributed by atoms with Crippen LogP contribution in [-0.4, -0.2) is 42.8 Å². The molecule has 1 aliphatic rings. The smallest absolute Gasteiger partial charge is 0.392 e. The number of halogens is 5. The van der Waals surface area contributed by atoms with Gasteiger partial charge in [-0.05, 0) is 150 Å². The molecule has 1 aromatic heterocycles. The molecule has 0 saturated heterocycles. The molecule has 0 bridgehead atoms. The van der Waals surface area contributed by atoms with E-state index in [2.05, 4.69) is 115 Å². The molecule has 0 atom stereocenters. The van der Waals surface area contributed by atoms with Crippen LogP contribution in [0.5, 0.6) is 0 Å². The second kappa shape index (κ2) is 15.4. The van der Waals surface area contributed by atoms with E-state index in [1.807, 2.05) is 45.0 Å². The van der Waals surface area contributed by atoms with E-state index in [-0.39, 0.29) is 6.61 Å². The Balaban J connectivity index is 1.28. The molecule has 10 heteroatoms. The molecule has 4 nitrogen and oxygen atoms in total. The fourth-order valence-corrected chi connectivity index (χ4v) is 10.7. The van der Waals surface area contributed by atoms with E-state index in [9.17, 15) is 22.0 Å². The molecule has 0 saturated carbocycles. The van der Waals surface area contributed by atoms with Crippen molar-refractivity contribution in [3.8, 4) is 22.3 Å². The van der Waals surface area contributed by atoms with E-state index in [0.29, 0.717) is 22.7 Å². The summed E-state index contributed by atoms with van der Waals surface area (Å²) in [5.74, 6) is -5.11. The zero-order valence-electron chi connectivity index (χ0n) is 36.9. The number of allylic oxidation sites excluding steroid dienone is 2. The number of alkyl halides is 5. The first kappa shape index (κ1) is 41.8. The van der Waals surface area contributed by atoms with Crippen LogP contribution >= 0.6 is 0 Å². The topological polar surface area (TPSA) is 35.8 Å². The van der Waals surface area contributed by atoms with Crippen molar-refractivity contribution in [1.29, 1.82) is 0 Å². The summed E-state index contributed by atoms with van der Waals surface area (Å²) in [7, 11) is -1.61. The Bertz CT molecular complexity index is 3540. The summed E-state index contributed by atoms with van der Waals surface area (Å²) in [5.41, 5.74) is 10.1. The lowest BCUT2D eigenvalue weighted by Crippen LogP contribution is -2.45. The normalized spacial score (nSPS) is 14.5. The van der Waals surface area contributed by atoms with Gasteiger partial charge in [0.25, 0.3) is 0 Å². The Hall–Kier alpha value is -6.88. The first-order valence-electron chi connectivity index (χ1n) is 22.1. The highest BCUT2D eigenvalue weighted by molar-refractivity contribution is 6.47. The van der Waals surface area contributed by atoms with Crippen molar-refractivity contribution in [1.82, 2.24) is 4.48 Å². The molecule has 326 valence electrons. The van der Waals surface area contributed by atoms with Crippen molar-refractivity contribution in [2.75, 3.05) is 13.2 Å². The van der Waals surface area contributed by atoms with Gasteiger partial charge in [0.05, 0.1) is 5.70 Å². The van der Waals surface area contributed by atoms with Crippen LogP contribution in [-0.2, 0) is 9.31 Å². The van der Waals surface area contributed by atoms with Crippen LogP contribution in [0.1, 0.15) is 43.3 Å². The molecule has 1 aliphatic heterocycles. The van der Waals surface area contributed by atoms with Crippen LogP contribution in [0.25, 0.3) is 92.5 Å². The minimum absolute atomic E-state index is 0.0177. The summed E-state index contributed by atoms with van der Waals surface area (Å²) in [4.78, 5) is 5.07. The van der Waals surface area contributed by atoms with Crippen LogP contribution in [0, 0.1) is 13.8 Å². The minimum Gasteiger partial charge on any atom is -0.392 e. The summed E-state index contributed by atoms with van der Waals surface area (Å²) >= 11 is 0. The largest absolute Gasteiger partial charge is 0.597 e. The van der Waals surface area contributed by atoms with Crippen molar-refractivity contribution >= 4 is 83.2 Å². The number of aryl methyl sites for hydroxylation is 2. The Kier molecular flexibility index (Phi) is 9.73. The molecule has 0 aliphatic carbocycles. The van der Waals surface area contributed by atoms with E-state index in [1.165, 1.54) is 32.3 Å². The predicted molar refractivity (Wildman–Crippen MR) is 261 cm³/mol. The average molecular weight is 881 g/mol. The number of nitrogens with zero attached hydrogens (tertiary/aromatic N) is 2. The van der Waals surface area contributed by atoms with Gasteiger partial charge in [-0.3, -0.25) is 4.99 Å². The first-order chi connectivity index (χ1) is 31.8. The van der Waals surface area contributed by atoms with Crippen molar-refractivity contribution in [2.24, 2.45) is 4.99 Å². The van der Waals surface area contributed by atoms with Gasteiger partial charge in [-0.2, -0.15) is 22.0 Å². The number of hydrogen-bond acceptors (Lipinski definition) is 3. The Labute approximate surface area is 378 Å². The van der Waals surface area contributed by atoms with Gasteiger partial charge < -0.3 is 13.8 Å². The fourth-order valence-electron chi connectivity index (χ4n) is 10.7. The molecule has 11 rings (SSSR count). The third-order valence-electron chi connectivity index (χ3n) is 13.2.